The Morgan fingerprint density at radius 3 is 2.48 bits per heavy atom. The number of benzene rings is 2. The summed E-state index contributed by atoms with van der Waals surface area (Å²) in [6, 6.07) is 16.5. The van der Waals surface area contributed by atoms with Crippen LogP contribution in [-0.4, -0.2) is 37.3 Å². The van der Waals surface area contributed by atoms with Crippen LogP contribution in [0.25, 0.3) is 5.69 Å². The summed E-state index contributed by atoms with van der Waals surface area (Å²) >= 11 is 0. The van der Waals surface area contributed by atoms with Crippen molar-refractivity contribution in [2.75, 3.05) is 0 Å². The van der Waals surface area contributed by atoms with Crippen LogP contribution in [0.2, 0.25) is 0 Å². The number of carboxylic acid groups (broad SMARTS) is 1. The Bertz CT molecular complexity index is 878. The lowest BCUT2D eigenvalue weighted by Gasteiger charge is -2.18. The van der Waals surface area contributed by atoms with Gasteiger partial charge in [-0.1, -0.05) is 49.3 Å². The molecule has 27 heavy (non-hydrogen) atoms. The Morgan fingerprint density at radius 2 is 1.85 bits per heavy atom. The van der Waals surface area contributed by atoms with Crippen LogP contribution in [0.15, 0.2) is 54.6 Å². The zero-order chi connectivity index (χ0) is 19.2. The molecule has 0 aliphatic heterocycles. The number of para-hydroxylation sites is 1. The van der Waals surface area contributed by atoms with E-state index in [-0.39, 0.29) is 11.9 Å². The van der Waals surface area contributed by atoms with E-state index in [1.807, 2.05) is 56.3 Å². The second-order valence-electron chi connectivity index (χ2n) is 6.40. The quantitative estimate of drug-likeness (QED) is 0.631. The molecule has 0 saturated heterocycles. The number of hydrogen-bond acceptors (Lipinski definition) is 6. The minimum absolute atomic E-state index is 0.00181. The first-order valence-electron chi connectivity index (χ1n) is 8.61. The number of aromatic nitrogens is 4. The molecule has 0 fully saturated rings. The molecule has 0 aliphatic carbocycles. The van der Waals surface area contributed by atoms with E-state index in [0.29, 0.717) is 12.3 Å². The first-order valence-corrected chi connectivity index (χ1v) is 8.61. The number of carboxylic acids is 1. The van der Waals surface area contributed by atoms with Crippen molar-refractivity contribution in [3.8, 4) is 17.4 Å². The van der Waals surface area contributed by atoms with E-state index < -0.39 is 12.0 Å². The van der Waals surface area contributed by atoms with E-state index in [2.05, 4.69) is 20.8 Å². The highest BCUT2D eigenvalue weighted by Crippen LogP contribution is 2.21. The van der Waals surface area contributed by atoms with Crippen molar-refractivity contribution in [2.24, 2.45) is 5.92 Å². The molecule has 0 bridgehead atoms. The van der Waals surface area contributed by atoms with Crippen LogP contribution in [-0.2, 0) is 11.3 Å². The molecule has 1 heterocycles. The van der Waals surface area contributed by atoms with Crippen molar-refractivity contribution in [3.05, 3.63) is 60.2 Å². The molecular formula is C19H21N5O3. The van der Waals surface area contributed by atoms with Gasteiger partial charge in [0.25, 0.3) is 0 Å². The average Bonchev–Trinajstić information content (AvgIpc) is 3.11. The van der Waals surface area contributed by atoms with Crippen molar-refractivity contribution in [3.63, 3.8) is 0 Å². The van der Waals surface area contributed by atoms with Gasteiger partial charge in [-0.25, -0.2) is 0 Å². The minimum Gasteiger partial charge on any atom is -0.480 e. The molecule has 8 nitrogen and oxygen atoms in total. The van der Waals surface area contributed by atoms with E-state index >= 15 is 0 Å². The third kappa shape index (κ3) is 4.68. The maximum absolute atomic E-state index is 11.2. The van der Waals surface area contributed by atoms with Gasteiger partial charge >= 0.3 is 12.0 Å². The normalized spacial score (nSPS) is 12.1. The van der Waals surface area contributed by atoms with Crippen LogP contribution < -0.4 is 10.1 Å². The number of tetrazole rings is 1. The highest BCUT2D eigenvalue weighted by Gasteiger charge is 2.20. The number of nitrogens with one attached hydrogen (secondary N) is 1. The van der Waals surface area contributed by atoms with Crippen molar-refractivity contribution < 1.29 is 14.6 Å². The number of nitrogens with zero attached hydrogens (tertiary/aromatic N) is 4. The van der Waals surface area contributed by atoms with Crippen LogP contribution >= 0.6 is 0 Å². The second-order valence-corrected chi connectivity index (χ2v) is 6.40. The van der Waals surface area contributed by atoms with Gasteiger partial charge in [0.15, 0.2) is 0 Å². The molecule has 0 aliphatic rings. The molecule has 1 atom stereocenters. The zero-order valence-electron chi connectivity index (χ0n) is 15.1. The highest BCUT2D eigenvalue weighted by molar-refractivity contribution is 5.73. The fraction of sp³-hybridized carbons (Fsp3) is 0.263. The van der Waals surface area contributed by atoms with Gasteiger partial charge in [-0.2, -0.15) is 4.68 Å². The Hall–Kier alpha value is -3.26. The van der Waals surface area contributed by atoms with Crippen LogP contribution in [0, 0.1) is 5.92 Å². The number of aliphatic carboxylic acids is 1. The lowest BCUT2D eigenvalue weighted by atomic mass is 10.0. The van der Waals surface area contributed by atoms with E-state index in [9.17, 15) is 9.90 Å². The molecule has 1 aromatic heterocycles. The highest BCUT2D eigenvalue weighted by atomic mass is 16.5. The first-order chi connectivity index (χ1) is 13.0. The SMILES string of the molecule is CC(C)C(NCc1ccc(Oc2nnnn2-c2ccccc2)cc1)C(=O)O. The van der Waals surface area contributed by atoms with Gasteiger partial charge in [-0.3, -0.25) is 4.79 Å². The minimum atomic E-state index is -0.849. The number of carbonyl (C=O) groups is 1. The van der Waals surface area contributed by atoms with Gasteiger partial charge in [0.05, 0.1) is 5.69 Å². The molecule has 0 amide bonds. The second kappa shape index (κ2) is 8.41. The Morgan fingerprint density at radius 1 is 1.15 bits per heavy atom. The average molecular weight is 367 g/mol. The van der Waals surface area contributed by atoms with Crippen molar-refractivity contribution in [1.29, 1.82) is 0 Å². The maximum Gasteiger partial charge on any atom is 0.345 e. The molecular weight excluding hydrogens is 346 g/mol. The lowest BCUT2D eigenvalue weighted by Crippen LogP contribution is -2.40. The number of hydrogen-bond donors (Lipinski definition) is 2. The zero-order valence-corrected chi connectivity index (χ0v) is 15.1. The summed E-state index contributed by atoms with van der Waals surface area (Å²) in [6.07, 6.45) is 0. The fourth-order valence-electron chi connectivity index (χ4n) is 2.59. The van der Waals surface area contributed by atoms with Gasteiger partial charge in [-0.05, 0) is 46.2 Å². The molecule has 3 aromatic rings. The third-order valence-corrected chi connectivity index (χ3v) is 4.03. The molecule has 2 N–H and O–H groups in total. The molecule has 0 saturated carbocycles. The van der Waals surface area contributed by atoms with E-state index in [1.54, 1.807) is 12.1 Å². The van der Waals surface area contributed by atoms with Gasteiger partial charge < -0.3 is 15.2 Å². The maximum atomic E-state index is 11.2. The summed E-state index contributed by atoms with van der Waals surface area (Å²) in [4.78, 5) is 11.2. The van der Waals surface area contributed by atoms with Crippen LogP contribution in [0.4, 0.5) is 0 Å². The van der Waals surface area contributed by atoms with Gasteiger partial charge in [0.2, 0.25) is 0 Å². The van der Waals surface area contributed by atoms with E-state index in [4.69, 9.17) is 4.74 Å². The summed E-state index contributed by atoms with van der Waals surface area (Å²) < 4.78 is 7.28. The molecule has 0 radical (unpaired) electrons. The molecule has 3 rings (SSSR count). The topological polar surface area (TPSA) is 102 Å². The van der Waals surface area contributed by atoms with Crippen LogP contribution in [0.1, 0.15) is 19.4 Å². The lowest BCUT2D eigenvalue weighted by molar-refractivity contribution is -0.140. The molecule has 8 heteroatoms. The summed E-state index contributed by atoms with van der Waals surface area (Å²) in [6.45, 7) is 4.20. The first kappa shape index (κ1) is 18.5. The Labute approximate surface area is 156 Å². The third-order valence-electron chi connectivity index (χ3n) is 4.03. The van der Waals surface area contributed by atoms with Crippen LogP contribution in [0.3, 0.4) is 0 Å². The molecule has 1 unspecified atom stereocenters. The largest absolute Gasteiger partial charge is 0.480 e. The van der Waals surface area contributed by atoms with Gasteiger partial charge in [0.1, 0.15) is 11.8 Å². The number of ether oxygens (including phenoxy) is 1. The Balaban J connectivity index is 1.65. The van der Waals surface area contributed by atoms with Gasteiger partial charge in [0, 0.05) is 6.54 Å². The number of rotatable bonds is 8. The summed E-state index contributed by atoms with van der Waals surface area (Å²) in [5.41, 5.74) is 1.75. The smallest absolute Gasteiger partial charge is 0.345 e. The molecule has 140 valence electrons. The van der Waals surface area contributed by atoms with Gasteiger partial charge in [-0.15, -0.1) is 0 Å². The van der Waals surface area contributed by atoms with Crippen molar-refractivity contribution in [2.45, 2.75) is 26.4 Å². The fourth-order valence-corrected chi connectivity index (χ4v) is 2.59. The van der Waals surface area contributed by atoms with E-state index in [1.165, 1.54) is 4.68 Å². The van der Waals surface area contributed by atoms with Crippen LogP contribution in [0.5, 0.6) is 11.8 Å². The predicted octanol–water partition coefficient (Wildman–Crippen LogP) is 2.65. The van der Waals surface area contributed by atoms with E-state index in [0.717, 1.165) is 11.3 Å². The molecule has 0 spiro atoms. The summed E-state index contributed by atoms with van der Waals surface area (Å²) in [7, 11) is 0. The monoisotopic (exact) mass is 367 g/mol. The molecule has 2 aromatic carbocycles. The summed E-state index contributed by atoms with van der Waals surface area (Å²) in [5, 5.41) is 23.8. The predicted molar refractivity (Wildman–Crippen MR) is 98.8 cm³/mol. The standard InChI is InChI=1S/C19H21N5O3/c1-13(2)17(18(25)26)20-12-14-8-10-16(11-9-14)27-19-21-22-23-24(19)15-6-4-3-5-7-15/h3-11,13,17,20H,12H2,1-2H3,(H,25,26). The van der Waals surface area contributed by atoms with Crippen molar-refractivity contribution >= 4 is 5.97 Å². The van der Waals surface area contributed by atoms with Crippen molar-refractivity contribution in [1.82, 2.24) is 25.5 Å². The summed E-state index contributed by atoms with van der Waals surface area (Å²) in [5.74, 6) is -0.260. The Kier molecular flexibility index (Phi) is 5.77.